The molecule has 3 rings (SSSR count). The van der Waals surface area contributed by atoms with E-state index < -0.39 is 0 Å². The Morgan fingerprint density at radius 3 is 3.05 bits per heavy atom. The lowest BCUT2D eigenvalue weighted by Crippen LogP contribution is -2.28. The summed E-state index contributed by atoms with van der Waals surface area (Å²) in [5.41, 5.74) is 0.722. The van der Waals surface area contributed by atoms with Gasteiger partial charge in [-0.05, 0) is 12.1 Å². The average Bonchev–Trinajstić information content (AvgIpc) is 3.12. The molecular weight excluding hydrogens is 306 g/mol. The van der Waals surface area contributed by atoms with Crippen LogP contribution in [0.3, 0.4) is 0 Å². The maximum Gasteiger partial charge on any atom is 0.232 e. The van der Waals surface area contributed by atoms with E-state index in [9.17, 15) is 4.79 Å². The van der Waals surface area contributed by atoms with Gasteiger partial charge in [-0.3, -0.25) is 4.79 Å². The summed E-state index contributed by atoms with van der Waals surface area (Å²) in [5, 5.41) is 4.55. The van der Waals surface area contributed by atoms with Crippen molar-refractivity contribution in [3.8, 4) is 11.4 Å². The number of rotatable bonds is 5. The minimum atomic E-state index is -0.0758. The summed E-state index contributed by atoms with van der Waals surface area (Å²) >= 11 is 6.13. The second-order valence-corrected chi connectivity index (χ2v) is 5.58. The van der Waals surface area contributed by atoms with Crippen molar-refractivity contribution >= 4 is 17.5 Å². The van der Waals surface area contributed by atoms with E-state index in [1.165, 1.54) is 0 Å². The van der Waals surface area contributed by atoms with Gasteiger partial charge < -0.3 is 14.2 Å². The van der Waals surface area contributed by atoms with Crippen molar-refractivity contribution < 1.29 is 14.1 Å². The second kappa shape index (κ2) is 6.46. The Hall–Kier alpha value is -1.92. The monoisotopic (exact) mass is 321 g/mol. The third-order valence-electron chi connectivity index (χ3n) is 3.69. The minimum absolute atomic E-state index is 0.0758. The van der Waals surface area contributed by atoms with Crippen LogP contribution in [0.4, 0.5) is 0 Å². The highest BCUT2D eigenvalue weighted by Gasteiger charge is 2.34. The molecule has 1 aromatic heterocycles. The van der Waals surface area contributed by atoms with E-state index in [2.05, 4.69) is 10.1 Å². The van der Waals surface area contributed by atoms with Crippen LogP contribution in [-0.4, -0.2) is 47.8 Å². The van der Waals surface area contributed by atoms with Gasteiger partial charge in [-0.25, -0.2) is 0 Å². The zero-order valence-corrected chi connectivity index (χ0v) is 12.9. The van der Waals surface area contributed by atoms with E-state index in [0.29, 0.717) is 42.9 Å². The Labute approximate surface area is 133 Å². The standard InChI is InChI=1S/C15H16ClN3O3/c1-21-7-6-19-9-10(8-13(19)20)15-17-14(18-22-15)11-4-2-3-5-12(11)16/h2-5,10H,6-9H2,1H3/t10-/m0/s1. The van der Waals surface area contributed by atoms with Gasteiger partial charge in [-0.15, -0.1) is 0 Å². The van der Waals surface area contributed by atoms with Crippen molar-refractivity contribution in [2.24, 2.45) is 0 Å². The fraction of sp³-hybridized carbons (Fsp3) is 0.400. The van der Waals surface area contributed by atoms with Crippen LogP contribution in [0.1, 0.15) is 18.2 Å². The number of carbonyl (C=O) groups is 1. The van der Waals surface area contributed by atoms with Crippen LogP contribution >= 0.6 is 11.6 Å². The molecule has 1 saturated heterocycles. The predicted octanol–water partition coefficient (Wildman–Crippen LogP) is 2.35. The second-order valence-electron chi connectivity index (χ2n) is 5.17. The van der Waals surface area contributed by atoms with Gasteiger partial charge in [0.25, 0.3) is 0 Å². The number of amides is 1. The van der Waals surface area contributed by atoms with E-state index in [-0.39, 0.29) is 11.8 Å². The molecule has 2 heterocycles. The van der Waals surface area contributed by atoms with Crippen LogP contribution in [0, 0.1) is 0 Å². The lowest BCUT2D eigenvalue weighted by Gasteiger charge is -2.14. The molecule has 0 bridgehead atoms. The summed E-state index contributed by atoms with van der Waals surface area (Å²) in [6, 6.07) is 7.32. The van der Waals surface area contributed by atoms with E-state index in [4.69, 9.17) is 20.9 Å². The lowest BCUT2D eigenvalue weighted by atomic mass is 10.1. The summed E-state index contributed by atoms with van der Waals surface area (Å²) < 4.78 is 10.3. The topological polar surface area (TPSA) is 68.5 Å². The maximum atomic E-state index is 12.0. The number of carbonyl (C=O) groups excluding carboxylic acids is 1. The number of nitrogens with zero attached hydrogens (tertiary/aromatic N) is 3. The molecule has 0 aliphatic carbocycles. The van der Waals surface area contributed by atoms with Gasteiger partial charge in [-0.2, -0.15) is 4.98 Å². The Bertz CT molecular complexity index is 674. The SMILES string of the molecule is COCCN1C[C@@H](c2nc(-c3ccccc3Cl)no2)CC1=O. The molecule has 22 heavy (non-hydrogen) atoms. The summed E-state index contributed by atoms with van der Waals surface area (Å²) in [5.74, 6) is 0.930. The molecule has 1 aliphatic heterocycles. The number of benzene rings is 1. The molecule has 0 saturated carbocycles. The van der Waals surface area contributed by atoms with Crippen molar-refractivity contribution in [2.45, 2.75) is 12.3 Å². The van der Waals surface area contributed by atoms with Gasteiger partial charge in [-0.1, -0.05) is 28.9 Å². The molecule has 0 N–H and O–H groups in total. The van der Waals surface area contributed by atoms with Gasteiger partial charge in [0.2, 0.25) is 17.6 Å². The molecule has 1 amide bonds. The van der Waals surface area contributed by atoms with Crippen molar-refractivity contribution in [3.63, 3.8) is 0 Å². The van der Waals surface area contributed by atoms with Crippen LogP contribution in [0.2, 0.25) is 5.02 Å². The summed E-state index contributed by atoms with van der Waals surface area (Å²) in [6.07, 6.45) is 0.383. The Morgan fingerprint density at radius 1 is 1.45 bits per heavy atom. The first-order valence-corrected chi connectivity index (χ1v) is 7.42. The summed E-state index contributed by atoms with van der Waals surface area (Å²) in [7, 11) is 1.62. The number of aromatic nitrogens is 2. The van der Waals surface area contributed by atoms with Crippen molar-refractivity contribution in [1.82, 2.24) is 15.0 Å². The van der Waals surface area contributed by atoms with Crippen LogP contribution < -0.4 is 0 Å². The quantitative estimate of drug-likeness (QED) is 0.845. The van der Waals surface area contributed by atoms with E-state index in [1.54, 1.807) is 18.1 Å². The highest BCUT2D eigenvalue weighted by atomic mass is 35.5. The predicted molar refractivity (Wildman–Crippen MR) is 80.6 cm³/mol. The number of ether oxygens (including phenoxy) is 1. The molecule has 0 unspecified atom stereocenters. The summed E-state index contributed by atoms with van der Waals surface area (Å²) in [6.45, 7) is 1.68. The van der Waals surface area contributed by atoms with Gasteiger partial charge in [0.05, 0.1) is 17.5 Å². The minimum Gasteiger partial charge on any atom is -0.383 e. The molecule has 0 spiro atoms. The Balaban J connectivity index is 1.75. The molecule has 116 valence electrons. The van der Waals surface area contributed by atoms with Gasteiger partial charge in [0.1, 0.15) is 0 Å². The zero-order valence-electron chi connectivity index (χ0n) is 12.2. The maximum absolute atomic E-state index is 12.0. The Morgan fingerprint density at radius 2 is 2.27 bits per heavy atom. The normalized spacial score (nSPS) is 18.2. The van der Waals surface area contributed by atoms with Crippen molar-refractivity contribution in [2.75, 3.05) is 26.8 Å². The van der Waals surface area contributed by atoms with Crippen molar-refractivity contribution in [3.05, 3.63) is 35.2 Å². The highest BCUT2D eigenvalue weighted by Crippen LogP contribution is 2.30. The van der Waals surface area contributed by atoms with E-state index in [0.717, 1.165) is 5.56 Å². The van der Waals surface area contributed by atoms with E-state index >= 15 is 0 Å². The Kier molecular flexibility index (Phi) is 4.40. The lowest BCUT2D eigenvalue weighted by molar-refractivity contribution is -0.128. The molecule has 1 atom stereocenters. The largest absolute Gasteiger partial charge is 0.383 e. The van der Waals surface area contributed by atoms with Crippen LogP contribution in [0.5, 0.6) is 0 Å². The number of likely N-dealkylation sites (tertiary alicyclic amines) is 1. The number of halogens is 1. The highest BCUT2D eigenvalue weighted by molar-refractivity contribution is 6.33. The molecular formula is C15H16ClN3O3. The van der Waals surface area contributed by atoms with Crippen LogP contribution in [0.15, 0.2) is 28.8 Å². The number of hydrogen-bond donors (Lipinski definition) is 0. The molecule has 1 aliphatic rings. The third-order valence-corrected chi connectivity index (χ3v) is 4.02. The molecule has 1 aromatic carbocycles. The summed E-state index contributed by atoms with van der Waals surface area (Å²) in [4.78, 5) is 18.1. The zero-order chi connectivity index (χ0) is 15.5. The van der Waals surface area contributed by atoms with E-state index in [1.807, 2.05) is 18.2 Å². The molecule has 6 nitrogen and oxygen atoms in total. The van der Waals surface area contributed by atoms with Crippen molar-refractivity contribution in [1.29, 1.82) is 0 Å². The first kappa shape index (κ1) is 15.0. The number of methoxy groups -OCH3 is 1. The third kappa shape index (κ3) is 2.98. The van der Waals surface area contributed by atoms with Gasteiger partial charge >= 0.3 is 0 Å². The molecule has 1 fully saturated rings. The molecule has 7 heteroatoms. The van der Waals surface area contributed by atoms with Gasteiger partial charge in [0.15, 0.2) is 0 Å². The smallest absolute Gasteiger partial charge is 0.232 e. The van der Waals surface area contributed by atoms with Crippen LogP contribution in [0.25, 0.3) is 11.4 Å². The first-order valence-electron chi connectivity index (χ1n) is 7.04. The molecule has 2 aromatic rings. The number of hydrogen-bond acceptors (Lipinski definition) is 5. The fourth-order valence-electron chi connectivity index (χ4n) is 2.51. The van der Waals surface area contributed by atoms with Crippen LogP contribution in [-0.2, 0) is 9.53 Å². The van der Waals surface area contributed by atoms with Gasteiger partial charge in [0, 0.05) is 32.2 Å². The molecule has 0 radical (unpaired) electrons. The average molecular weight is 322 g/mol. The fourth-order valence-corrected chi connectivity index (χ4v) is 2.73. The first-order chi connectivity index (χ1) is 10.7.